The molecule has 84 valence electrons. The van der Waals surface area contributed by atoms with Crippen molar-refractivity contribution >= 4 is 11.0 Å². The van der Waals surface area contributed by atoms with Gasteiger partial charge in [0.25, 0.3) is 0 Å². The molecule has 0 bridgehead atoms. The largest absolute Gasteiger partial charge is 0.459 e. The number of hydrogen-bond acceptors (Lipinski definition) is 3. The van der Waals surface area contributed by atoms with E-state index in [1.807, 2.05) is 18.2 Å². The van der Waals surface area contributed by atoms with Gasteiger partial charge in [0.2, 0.25) is 0 Å². The highest BCUT2D eigenvalue weighted by molar-refractivity contribution is 5.77. The van der Waals surface area contributed by atoms with Crippen LogP contribution in [0.5, 0.6) is 0 Å². The van der Waals surface area contributed by atoms with Crippen LogP contribution in [0.2, 0.25) is 0 Å². The van der Waals surface area contributed by atoms with Gasteiger partial charge in [-0.2, -0.15) is 0 Å². The van der Waals surface area contributed by atoms with Crippen molar-refractivity contribution in [3.05, 3.63) is 36.1 Å². The lowest BCUT2D eigenvalue weighted by molar-refractivity contribution is 0.180. The van der Waals surface area contributed by atoms with Crippen LogP contribution in [0.15, 0.2) is 34.7 Å². The summed E-state index contributed by atoms with van der Waals surface area (Å²) >= 11 is 0. The standard InChI is InChI=1S/C13H16N2O/c1-15-7-6-14-9-11(15)13-8-10-4-2-3-5-12(10)16-13/h2-5,8,11,14H,6-7,9H2,1H3. The van der Waals surface area contributed by atoms with Gasteiger partial charge < -0.3 is 9.73 Å². The minimum absolute atomic E-state index is 0.362. The van der Waals surface area contributed by atoms with Crippen molar-refractivity contribution in [3.8, 4) is 0 Å². The molecule has 2 aromatic rings. The third-order valence-electron chi connectivity index (χ3n) is 3.28. The molecule has 1 aromatic carbocycles. The highest BCUT2D eigenvalue weighted by Crippen LogP contribution is 2.27. The van der Waals surface area contributed by atoms with Crippen molar-refractivity contribution in [2.45, 2.75) is 6.04 Å². The fourth-order valence-corrected chi connectivity index (χ4v) is 2.29. The number of piperazine rings is 1. The Hall–Kier alpha value is -1.32. The van der Waals surface area contributed by atoms with E-state index in [-0.39, 0.29) is 0 Å². The number of likely N-dealkylation sites (N-methyl/N-ethyl adjacent to an activating group) is 1. The Morgan fingerprint density at radius 1 is 1.38 bits per heavy atom. The fourth-order valence-electron chi connectivity index (χ4n) is 2.29. The van der Waals surface area contributed by atoms with E-state index in [0.29, 0.717) is 6.04 Å². The van der Waals surface area contributed by atoms with E-state index >= 15 is 0 Å². The highest BCUT2D eigenvalue weighted by atomic mass is 16.3. The summed E-state index contributed by atoms with van der Waals surface area (Å²) in [6.07, 6.45) is 0. The molecule has 0 spiro atoms. The molecule has 0 aliphatic carbocycles. The van der Waals surface area contributed by atoms with Crippen LogP contribution in [-0.2, 0) is 0 Å². The lowest BCUT2D eigenvalue weighted by Gasteiger charge is -2.31. The number of para-hydroxylation sites is 1. The van der Waals surface area contributed by atoms with Crippen LogP contribution in [0.4, 0.5) is 0 Å². The maximum atomic E-state index is 5.90. The Bertz CT molecular complexity index is 458. The van der Waals surface area contributed by atoms with E-state index in [4.69, 9.17) is 4.42 Å². The third kappa shape index (κ3) is 1.62. The van der Waals surface area contributed by atoms with Crippen molar-refractivity contribution in [1.29, 1.82) is 0 Å². The van der Waals surface area contributed by atoms with E-state index in [0.717, 1.165) is 31.0 Å². The summed E-state index contributed by atoms with van der Waals surface area (Å²) in [5.41, 5.74) is 0.983. The average Bonchev–Trinajstić information content (AvgIpc) is 2.73. The minimum Gasteiger partial charge on any atom is -0.459 e. The van der Waals surface area contributed by atoms with E-state index in [1.165, 1.54) is 5.39 Å². The third-order valence-corrected chi connectivity index (χ3v) is 3.28. The van der Waals surface area contributed by atoms with E-state index < -0.39 is 0 Å². The first-order valence-electron chi connectivity index (χ1n) is 5.74. The van der Waals surface area contributed by atoms with Gasteiger partial charge in [0.05, 0.1) is 6.04 Å². The van der Waals surface area contributed by atoms with Crippen molar-refractivity contribution in [1.82, 2.24) is 10.2 Å². The molecule has 1 fully saturated rings. The number of fused-ring (bicyclic) bond motifs is 1. The Balaban J connectivity index is 1.98. The first-order chi connectivity index (χ1) is 7.84. The molecular formula is C13H16N2O. The summed E-state index contributed by atoms with van der Waals surface area (Å²) < 4.78 is 5.90. The molecule has 0 radical (unpaired) electrons. The number of hydrogen-bond donors (Lipinski definition) is 1. The van der Waals surface area contributed by atoms with E-state index in [2.05, 4.69) is 29.4 Å². The first kappa shape index (κ1) is 9.87. The van der Waals surface area contributed by atoms with Gasteiger partial charge in [0.1, 0.15) is 11.3 Å². The van der Waals surface area contributed by atoms with Gasteiger partial charge in [0, 0.05) is 25.0 Å². The van der Waals surface area contributed by atoms with Crippen molar-refractivity contribution < 1.29 is 4.42 Å². The van der Waals surface area contributed by atoms with Crippen molar-refractivity contribution in [2.24, 2.45) is 0 Å². The van der Waals surface area contributed by atoms with Gasteiger partial charge >= 0.3 is 0 Å². The number of rotatable bonds is 1. The van der Waals surface area contributed by atoms with Crippen LogP contribution in [0.1, 0.15) is 11.8 Å². The summed E-state index contributed by atoms with van der Waals surface area (Å²) in [5.74, 6) is 1.07. The first-order valence-corrected chi connectivity index (χ1v) is 5.74. The molecule has 3 nitrogen and oxygen atoms in total. The Morgan fingerprint density at radius 2 is 2.25 bits per heavy atom. The van der Waals surface area contributed by atoms with Crippen LogP contribution in [0.25, 0.3) is 11.0 Å². The Morgan fingerprint density at radius 3 is 3.06 bits per heavy atom. The zero-order chi connectivity index (χ0) is 11.0. The van der Waals surface area contributed by atoms with Gasteiger partial charge in [-0.25, -0.2) is 0 Å². The second-order valence-corrected chi connectivity index (χ2v) is 4.39. The smallest absolute Gasteiger partial charge is 0.134 e. The Labute approximate surface area is 95.0 Å². The molecule has 0 amide bonds. The number of nitrogens with zero attached hydrogens (tertiary/aromatic N) is 1. The molecule has 1 saturated heterocycles. The normalized spacial score (nSPS) is 22.7. The van der Waals surface area contributed by atoms with E-state index in [9.17, 15) is 0 Å². The van der Waals surface area contributed by atoms with Crippen LogP contribution in [0, 0.1) is 0 Å². The molecule has 1 aliphatic rings. The van der Waals surface area contributed by atoms with E-state index in [1.54, 1.807) is 0 Å². The molecule has 0 saturated carbocycles. The van der Waals surface area contributed by atoms with Crippen molar-refractivity contribution in [2.75, 3.05) is 26.7 Å². The van der Waals surface area contributed by atoms with Crippen LogP contribution < -0.4 is 5.32 Å². The molecule has 3 rings (SSSR count). The van der Waals surface area contributed by atoms with Gasteiger partial charge in [-0.15, -0.1) is 0 Å². The average molecular weight is 216 g/mol. The SMILES string of the molecule is CN1CCNCC1c1cc2ccccc2o1. The lowest BCUT2D eigenvalue weighted by Crippen LogP contribution is -2.43. The van der Waals surface area contributed by atoms with Gasteiger partial charge in [-0.1, -0.05) is 18.2 Å². The molecular weight excluding hydrogens is 200 g/mol. The molecule has 1 aromatic heterocycles. The summed E-state index contributed by atoms with van der Waals surface area (Å²) in [5, 5.41) is 4.60. The molecule has 3 heteroatoms. The van der Waals surface area contributed by atoms with Crippen LogP contribution in [-0.4, -0.2) is 31.6 Å². The predicted octanol–water partition coefficient (Wildman–Crippen LogP) is 2.01. The van der Waals surface area contributed by atoms with Crippen molar-refractivity contribution in [3.63, 3.8) is 0 Å². The zero-order valence-electron chi connectivity index (χ0n) is 9.44. The lowest BCUT2D eigenvalue weighted by atomic mass is 10.1. The molecule has 1 N–H and O–H groups in total. The molecule has 1 unspecified atom stereocenters. The molecule has 16 heavy (non-hydrogen) atoms. The molecule has 1 aliphatic heterocycles. The number of nitrogens with one attached hydrogen (secondary N) is 1. The maximum absolute atomic E-state index is 5.90. The molecule has 2 heterocycles. The second-order valence-electron chi connectivity index (χ2n) is 4.39. The summed E-state index contributed by atoms with van der Waals surface area (Å²) in [6, 6.07) is 10.7. The zero-order valence-corrected chi connectivity index (χ0v) is 9.44. The number of benzene rings is 1. The van der Waals surface area contributed by atoms with Gasteiger partial charge in [-0.3, -0.25) is 4.90 Å². The van der Waals surface area contributed by atoms with Gasteiger partial charge in [0.15, 0.2) is 0 Å². The minimum atomic E-state index is 0.362. The predicted molar refractivity (Wildman–Crippen MR) is 64.5 cm³/mol. The summed E-state index contributed by atoms with van der Waals surface area (Å²) in [7, 11) is 2.15. The number of furan rings is 1. The van der Waals surface area contributed by atoms with Crippen LogP contribution >= 0.6 is 0 Å². The van der Waals surface area contributed by atoms with Crippen LogP contribution in [0.3, 0.4) is 0 Å². The molecule has 1 atom stereocenters. The van der Waals surface area contributed by atoms with Gasteiger partial charge in [-0.05, 0) is 19.2 Å². The Kier molecular flexibility index (Phi) is 2.42. The monoisotopic (exact) mass is 216 g/mol. The highest BCUT2D eigenvalue weighted by Gasteiger charge is 2.23. The fraction of sp³-hybridized carbons (Fsp3) is 0.385. The maximum Gasteiger partial charge on any atom is 0.134 e. The second kappa shape index (κ2) is 3.92. The topological polar surface area (TPSA) is 28.4 Å². The summed E-state index contributed by atoms with van der Waals surface area (Å²) in [4.78, 5) is 2.34. The summed E-state index contributed by atoms with van der Waals surface area (Å²) in [6.45, 7) is 3.10. The quantitative estimate of drug-likeness (QED) is 0.790.